The van der Waals surface area contributed by atoms with Crippen LogP contribution in [0, 0.1) is 0 Å². The van der Waals surface area contributed by atoms with Gasteiger partial charge in [-0.05, 0) is 23.3 Å². The van der Waals surface area contributed by atoms with Gasteiger partial charge in [-0.2, -0.15) is 0 Å². The summed E-state index contributed by atoms with van der Waals surface area (Å²) in [6.07, 6.45) is 4.58. The first-order valence-corrected chi connectivity index (χ1v) is 9.01. The largest absolute Gasteiger partial charge is 0.478 e. The van der Waals surface area contributed by atoms with E-state index in [1.54, 1.807) is 0 Å². The molecule has 32 heavy (non-hydrogen) atoms. The lowest BCUT2D eigenvalue weighted by Crippen LogP contribution is -2.26. The quantitative estimate of drug-likeness (QED) is 0.468. The second-order valence-corrected chi connectivity index (χ2v) is 6.87. The van der Waals surface area contributed by atoms with Crippen molar-refractivity contribution < 1.29 is 49.2 Å². The van der Waals surface area contributed by atoms with Crippen LogP contribution in [0.5, 0.6) is 0 Å². The third-order valence-electron chi connectivity index (χ3n) is 5.05. The van der Waals surface area contributed by atoms with Crippen LogP contribution in [0.25, 0.3) is 0 Å². The molecule has 0 fully saturated rings. The van der Waals surface area contributed by atoms with E-state index in [4.69, 9.17) is 10.2 Å². The van der Waals surface area contributed by atoms with Crippen LogP contribution in [0.3, 0.4) is 0 Å². The molecule has 0 radical (unpaired) electrons. The maximum absolute atomic E-state index is 12.6. The third-order valence-corrected chi connectivity index (χ3v) is 5.05. The molecule has 3 rings (SSSR count). The topological polar surface area (TPSA) is 183 Å². The summed E-state index contributed by atoms with van der Waals surface area (Å²) in [7, 11) is 0. The summed E-state index contributed by atoms with van der Waals surface area (Å²) in [5, 5.41) is 36.7. The second kappa shape index (κ2) is 8.26. The van der Waals surface area contributed by atoms with Crippen LogP contribution >= 0.6 is 0 Å². The summed E-state index contributed by atoms with van der Waals surface area (Å²) in [6.45, 7) is 0. The maximum atomic E-state index is 12.6. The summed E-state index contributed by atoms with van der Waals surface area (Å²) in [4.78, 5) is 70.4. The summed E-state index contributed by atoms with van der Waals surface area (Å²) in [5.41, 5.74) is -2.31. The number of rotatable bonds is 6. The SMILES string of the molecule is O=C(O)C1=C(C(=O)O)C(=O)C(c2ccc(C3C=CC(C(=O)O)=C(C(=O)O)C3=O)cc2)C=C1. The van der Waals surface area contributed by atoms with E-state index in [0.717, 1.165) is 12.2 Å². The Kier molecular flexibility index (Phi) is 5.71. The molecule has 0 saturated heterocycles. The zero-order valence-corrected chi connectivity index (χ0v) is 16.0. The molecule has 0 heterocycles. The first-order valence-electron chi connectivity index (χ1n) is 9.01. The van der Waals surface area contributed by atoms with Crippen molar-refractivity contribution in [2.75, 3.05) is 0 Å². The summed E-state index contributed by atoms with van der Waals surface area (Å²) < 4.78 is 0. The highest BCUT2D eigenvalue weighted by molar-refractivity contribution is 6.26. The highest BCUT2D eigenvalue weighted by atomic mass is 16.4. The number of allylic oxidation sites excluding steroid dienone is 2. The summed E-state index contributed by atoms with van der Waals surface area (Å²) in [5.74, 6) is -10.4. The first kappa shape index (κ1) is 22.1. The van der Waals surface area contributed by atoms with Gasteiger partial charge in [0.05, 0.1) is 23.0 Å². The molecular weight excluding hydrogens is 424 g/mol. The zero-order valence-electron chi connectivity index (χ0n) is 16.0. The number of Topliss-reactive ketones (excluding diaryl/α,β-unsaturated/α-hetero) is 2. The Hall–Kier alpha value is -4.60. The van der Waals surface area contributed by atoms with E-state index in [1.165, 1.54) is 36.4 Å². The molecule has 2 aliphatic carbocycles. The lowest BCUT2D eigenvalue weighted by Gasteiger charge is -2.20. The van der Waals surface area contributed by atoms with Gasteiger partial charge in [0.1, 0.15) is 11.1 Å². The van der Waals surface area contributed by atoms with Gasteiger partial charge in [0.2, 0.25) is 0 Å². The van der Waals surface area contributed by atoms with E-state index in [-0.39, 0.29) is 0 Å². The second-order valence-electron chi connectivity index (χ2n) is 6.87. The van der Waals surface area contributed by atoms with Gasteiger partial charge in [0, 0.05) is 0 Å². The number of hydrogen-bond acceptors (Lipinski definition) is 6. The maximum Gasteiger partial charge on any atom is 0.340 e. The molecule has 2 unspecified atom stereocenters. The van der Waals surface area contributed by atoms with Gasteiger partial charge >= 0.3 is 23.9 Å². The predicted molar refractivity (Wildman–Crippen MR) is 105 cm³/mol. The average Bonchev–Trinajstić information content (AvgIpc) is 2.72. The van der Waals surface area contributed by atoms with Crippen molar-refractivity contribution in [1.29, 1.82) is 0 Å². The molecule has 0 spiro atoms. The molecule has 1 aromatic rings. The van der Waals surface area contributed by atoms with Crippen LogP contribution in [0.15, 0.2) is 70.9 Å². The van der Waals surface area contributed by atoms with Crippen LogP contribution in [0.1, 0.15) is 23.0 Å². The molecule has 0 aromatic heterocycles. The van der Waals surface area contributed by atoms with Crippen LogP contribution in [0.2, 0.25) is 0 Å². The fraction of sp³-hybridized carbons (Fsp3) is 0.0909. The van der Waals surface area contributed by atoms with E-state index >= 15 is 0 Å². The number of ketones is 2. The molecule has 0 saturated carbocycles. The molecule has 0 amide bonds. The Bertz CT molecular complexity index is 1110. The van der Waals surface area contributed by atoms with E-state index in [2.05, 4.69) is 0 Å². The minimum absolute atomic E-state index is 0.325. The van der Waals surface area contributed by atoms with Crippen LogP contribution in [0.4, 0.5) is 0 Å². The fourth-order valence-electron chi connectivity index (χ4n) is 3.54. The summed E-state index contributed by atoms with van der Waals surface area (Å²) >= 11 is 0. The number of carbonyl (C=O) groups is 6. The molecule has 2 aliphatic rings. The van der Waals surface area contributed by atoms with Crippen molar-refractivity contribution >= 4 is 35.4 Å². The Morgan fingerprint density at radius 2 is 0.875 bits per heavy atom. The lowest BCUT2D eigenvalue weighted by molar-refractivity contribution is -0.138. The monoisotopic (exact) mass is 438 g/mol. The molecular formula is C22H14O10. The van der Waals surface area contributed by atoms with E-state index in [1.807, 2.05) is 0 Å². The van der Waals surface area contributed by atoms with Crippen molar-refractivity contribution in [3.8, 4) is 0 Å². The normalized spacial score (nSPS) is 20.5. The number of aliphatic carboxylic acids is 4. The van der Waals surface area contributed by atoms with Crippen LogP contribution in [-0.2, 0) is 28.8 Å². The minimum Gasteiger partial charge on any atom is -0.478 e. The smallest absolute Gasteiger partial charge is 0.340 e. The van der Waals surface area contributed by atoms with Gasteiger partial charge in [0.25, 0.3) is 0 Å². The van der Waals surface area contributed by atoms with Gasteiger partial charge in [-0.3, -0.25) is 9.59 Å². The van der Waals surface area contributed by atoms with Gasteiger partial charge in [-0.1, -0.05) is 36.4 Å². The van der Waals surface area contributed by atoms with Crippen molar-refractivity contribution in [1.82, 2.24) is 0 Å². The van der Waals surface area contributed by atoms with Crippen molar-refractivity contribution in [3.05, 3.63) is 82.0 Å². The standard InChI is InChI=1S/C22H14O10/c23-17-11(5-7-13(19(25)26)15(17)21(29)30)9-1-2-10(4-3-9)12-6-8-14(20(27)28)16(18(12)24)22(31)32/h1-8,11-12H,(H,25,26)(H,27,28)(H,29,30)(H,31,32). The fourth-order valence-corrected chi connectivity index (χ4v) is 3.54. The number of carbonyl (C=O) groups excluding carboxylic acids is 2. The van der Waals surface area contributed by atoms with E-state index < -0.39 is 69.6 Å². The number of benzene rings is 1. The van der Waals surface area contributed by atoms with Crippen molar-refractivity contribution in [2.24, 2.45) is 0 Å². The molecule has 0 aliphatic heterocycles. The molecule has 1 aromatic carbocycles. The number of hydrogen-bond donors (Lipinski definition) is 4. The third kappa shape index (κ3) is 3.76. The van der Waals surface area contributed by atoms with Gasteiger partial charge < -0.3 is 20.4 Å². The lowest BCUT2D eigenvalue weighted by atomic mass is 9.81. The van der Waals surface area contributed by atoms with Crippen LogP contribution < -0.4 is 0 Å². The Morgan fingerprint density at radius 3 is 1.12 bits per heavy atom. The average molecular weight is 438 g/mol. The first-order chi connectivity index (χ1) is 15.0. The van der Waals surface area contributed by atoms with Crippen molar-refractivity contribution in [2.45, 2.75) is 11.8 Å². The highest BCUT2D eigenvalue weighted by Gasteiger charge is 2.36. The van der Waals surface area contributed by atoms with E-state index in [9.17, 15) is 39.0 Å². The molecule has 0 bridgehead atoms. The Balaban J connectivity index is 1.92. The molecule has 10 heteroatoms. The molecule has 2 atom stereocenters. The zero-order chi connectivity index (χ0) is 23.7. The Morgan fingerprint density at radius 1 is 0.562 bits per heavy atom. The molecule has 4 N–H and O–H groups in total. The minimum atomic E-state index is -1.67. The van der Waals surface area contributed by atoms with Gasteiger partial charge in [-0.25, -0.2) is 19.2 Å². The highest BCUT2D eigenvalue weighted by Crippen LogP contribution is 2.32. The predicted octanol–water partition coefficient (Wildman–Crippen LogP) is 1.06. The number of carboxylic acid groups (broad SMARTS) is 4. The van der Waals surface area contributed by atoms with Crippen LogP contribution in [-0.4, -0.2) is 55.9 Å². The molecule has 10 nitrogen and oxygen atoms in total. The van der Waals surface area contributed by atoms with E-state index in [0.29, 0.717) is 11.1 Å². The molecule has 162 valence electrons. The number of carboxylic acids is 4. The van der Waals surface area contributed by atoms with Crippen molar-refractivity contribution in [3.63, 3.8) is 0 Å². The summed E-state index contributed by atoms with van der Waals surface area (Å²) in [6, 6.07) is 5.69. The van der Waals surface area contributed by atoms with Gasteiger partial charge in [-0.15, -0.1) is 0 Å². The Labute approximate surface area is 179 Å². The van der Waals surface area contributed by atoms with Gasteiger partial charge in [0.15, 0.2) is 11.6 Å².